The predicted octanol–water partition coefficient (Wildman–Crippen LogP) is 1.79. The number of nitrogens with one attached hydrogen (secondary N) is 1. The summed E-state index contributed by atoms with van der Waals surface area (Å²) in [7, 11) is -1.49. The molecule has 1 aromatic carbocycles. The van der Waals surface area contributed by atoms with E-state index in [2.05, 4.69) is 39.5 Å². The zero-order valence-corrected chi connectivity index (χ0v) is 14.0. The summed E-state index contributed by atoms with van der Waals surface area (Å²) in [4.78, 5) is 2.44. The van der Waals surface area contributed by atoms with Crippen LogP contribution in [0.2, 0.25) is 0 Å². The summed E-state index contributed by atoms with van der Waals surface area (Å²) in [5, 5.41) is 0. The Labute approximate surface area is 128 Å². The van der Waals surface area contributed by atoms with E-state index in [1.165, 1.54) is 6.07 Å². The Morgan fingerprint density at radius 2 is 2.15 bits per heavy atom. The Balaban J connectivity index is 2.17. The summed E-state index contributed by atoms with van der Waals surface area (Å²) in [5.41, 5.74) is 6.11. The van der Waals surface area contributed by atoms with Gasteiger partial charge in [-0.25, -0.2) is 13.1 Å². The van der Waals surface area contributed by atoms with Crippen molar-refractivity contribution in [2.45, 2.75) is 36.7 Å². The summed E-state index contributed by atoms with van der Waals surface area (Å²) in [5.74, 6) is 0. The van der Waals surface area contributed by atoms with E-state index in [0.29, 0.717) is 16.2 Å². The second-order valence-corrected chi connectivity index (χ2v) is 7.90. The highest BCUT2D eigenvalue weighted by Gasteiger charge is 2.28. The number of hydrogen-bond acceptors (Lipinski definition) is 4. The number of nitrogens with zero attached hydrogens (tertiary/aromatic N) is 1. The molecule has 0 amide bonds. The summed E-state index contributed by atoms with van der Waals surface area (Å²) < 4.78 is 28.2. The molecule has 3 N–H and O–H groups in total. The van der Waals surface area contributed by atoms with Gasteiger partial charge < -0.3 is 10.6 Å². The molecule has 0 aliphatic carbocycles. The fraction of sp³-hybridized carbons (Fsp3) is 0.538. The fourth-order valence-electron chi connectivity index (χ4n) is 2.41. The summed E-state index contributed by atoms with van der Waals surface area (Å²) in [6.07, 6.45) is 1.63. The number of nitrogen functional groups attached to an aromatic ring is 1. The quantitative estimate of drug-likeness (QED) is 0.804. The van der Waals surface area contributed by atoms with E-state index in [9.17, 15) is 8.42 Å². The van der Waals surface area contributed by atoms with Gasteiger partial charge in [0.2, 0.25) is 10.0 Å². The van der Waals surface area contributed by atoms with Crippen LogP contribution in [-0.4, -0.2) is 39.0 Å². The van der Waals surface area contributed by atoms with E-state index in [0.717, 1.165) is 19.4 Å². The minimum absolute atomic E-state index is 0.0282. The van der Waals surface area contributed by atoms with Gasteiger partial charge in [0.15, 0.2) is 0 Å². The molecule has 2 rings (SSSR count). The molecular weight excluding hydrogens is 342 g/mol. The molecule has 1 heterocycles. The standard InChI is InChI=1S/C13H20BrN3O2S/c1-9-7-11(5-6-17(9)2)16-20(18,19)13-8-10(15)3-4-12(13)14/h3-4,8-9,11,16H,5-7,15H2,1-2H3. The molecule has 0 radical (unpaired) electrons. The minimum atomic E-state index is -3.55. The zero-order chi connectivity index (χ0) is 14.9. The number of sulfonamides is 1. The number of benzene rings is 1. The molecular formula is C13H20BrN3O2S. The number of piperidine rings is 1. The number of halogens is 1. The maximum Gasteiger partial charge on any atom is 0.242 e. The van der Waals surface area contributed by atoms with Gasteiger partial charge in [0.25, 0.3) is 0 Å². The first-order chi connectivity index (χ1) is 9.29. The number of nitrogens with two attached hydrogens (primary N) is 1. The smallest absolute Gasteiger partial charge is 0.242 e. The first-order valence-corrected chi connectivity index (χ1v) is 8.85. The van der Waals surface area contributed by atoms with Crippen LogP contribution in [0.15, 0.2) is 27.6 Å². The molecule has 7 heteroatoms. The van der Waals surface area contributed by atoms with Crippen LogP contribution in [0.25, 0.3) is 0 Å². The van der Waals surface area contributed by atoms with Crippen molar-refractivity contribution in [3.63, 3.8) is 0 Å². The lowest BCUT2D eigenvalue weighted by Gasteiger charge is -2.35. The number of likely N-dealkylation sites (tertiary alicyclic amines) is 1. The molecule has 1 saturated heterocycles. The topological polar surface area (TPSA) is 75.4 Å². The van der Waals surface area contributed by atoms with Crippen LogP contribution in [-0.2, 0) is 10.0 Å². The molecule has 2 unspecified atom stereocenters. The molecule has 0 spiro atoms. The van der Waals surface area contributed by atoms with Gasteiger partial charge >= 0.3 is 0 Å². The SMILES string of the molecule is CC1CC(NS(=O)(=O)c2cc(N)ccc2Br)CCN1C. The van der Waals surface area contributed by atoms with Crippen molar-refractivity contribution in [2.24, 2.45) is 0 Å². The second kappa shape index (κ2) is 6.01. The average molecular weight is 362 g/mol. The monoisotopic (exact) mass is 361 g/mol. The van der Waals surface area contributed by atoms with Crippen LogP contribution < -0.4 is 10.5 Å². The van der Waals surface area contributed by atoms with Gasteiger partial charge in [0.05, 0.1) is 4.90 Å². The van der Waals surface area contributed by atoms with Crippen LogP contribution in [0.3, 0.4) is 0 Å². The zero-order valence-electron chi connectivity index (χ0n) is 11.6. The number of rotatable bonds is 3. The van der Waals surface area contributed by atoms with Gasteiger partial charge in [-0.3, -0.25) is 0 Å². The molecule has 0 bridgehead atoms. The summed E-state index contributed by atoms with van der Waals surface area (Å²) >= 11 is 3.27. The minimum Gasteiger partial charge on any atom is -0.399 e. The van der Waals surface area contributed by atoms with Gasteiger partial charge in [0, 0.05) is 22.2 Å². The molecule has 2 atom stereocenters. The maximum absolute atomic E-state index is 12.5. The molecule has 112 valence electrons. The maximum atomic E-state index is 12.5. The van der Waals surface area contributed by atoms with Crippen molar-refractivity contribution in [1.29, 1.82) is 0 Å². The van der Waals surface area contributed by atoms with Gasteiger partial charge in [0.1, 0.15) is 0 Å². The lowest BCUT2D eigenvalue weighted by atomic mass is 10.0. The predicted molar refractivity (Wildman–Crippen MR) is 84.0 cm³/mol. The van der Waals surface area contributed by atoms with Gasteiger partial charge in [-0.15, -0.1) is 0 Å². The molecule has 1 fully saturated rings. The molecule has 5 nitrogen and oxygen atoms in total. The molecule has 1 aliphatic rings. The third kappa shape index (κ3) is 3.52. The van der Waals surface area contributed by atoms with Crippen LogP contribution >= 0.6 is 15.9 Å². The first-order valence-electron chi connectivity index (χ1n) is 6.57. The summed E-state index contributed by atoms with van der Waals surface area (Å²) in [6.45, 7) is 3.00. The molecule has 1 aliphatic heterocycles. The summed E-state index contributed by atoms with van der Waals surface area (Å²) in [6, 6.07) is 5.15. The highest BCUT2D eigenvalue weighted by atomic mass is 79.9. The fourth-order valence-corrected chi connectivity index (χ4v) is 4.69. The van der Waals surface area contributed by atoms with Crippen LogP contribution in [0.1, 0.15) is 19.8 Å². The Bertz CT molecular complexity index is 591. The molecule has 0 saturated carbocycles. The normalized spacial score (nSPS) is 24.8. The Hall–Kier alpha value is -0.630. The van der Waals surface area contributed by atoms with Crippen molar-refractivity contribution in [3.05, 3.63) is 22.7 Å². The lowest BCUT2D eigenvalue weighted by molar-refractivity contribution is 0.178. The van der Waals surface area contributed by atoms with Crippen LogP contribution in [0, 0.1) is 0 Å². The van der Waals surface area contributed by atoms with E-state index in [1.807, 2.05) is 0 Å². The lowest BCUT2D eigenvalue weighted by Crippen LogP contribution is -2.47. The Morgan fingerprint density at radius 3 is 2.80 bits per heavy atom. The van der Waals surface area contributed by atoms with Crippen molar-refractivity contribution in [1.82, 2.24) is 9.62 Å². The van der Waals surface area contributed by atoms with Gasteiger partial charge in [-0.1, -0.05) is 0 Å². The van der Waals surface area contributed by atoms with Crippen LogP contribution in [0.4, 0.5) is 5.69 Å². The Morgan fingerprint density at radius 1 is 1.45 bits per heavy atom. The van der Waals surface area contributed by atoms with Gasteiger partial charge in [-0.05, 0) is 67.5 Å². The van der Waals surface area contributed by atoms with Crippen molar-refractivity contribution in [3.8, 4) is 0 Å². The third-order valence-electron chi connectivity index (χ3n) is 3.77. The van der Waals surface area contributed by atoms with E-state index in [1.54, 1.807) is 12.1 Å². The van der Waals surface area contributed by atoms with Crippen molar-refractivity contribution >= 4 is 31.6 Å². The average Bonchev–Trinajstić information content (AvgIpc) is 2.36. The van der Waals surface area contributed by atoms with Gasteiger partial charge in [-0.2, -0.15) is 0 Å². The van der Waals surface area contributed by atoms with Crippen LogP contribution in [0.5, 0.6) is 0 Å². The molecule has 1 aromatic rings. The van der Waals surface area contributed by atoms with E-state index in [4.69, 9.17) is 5.73 Å². The van der Waals surface area contributed by atoms with E-state index in [-0.39, 0.29) is 10.9 Å². The molecule has 0 aromatic heterocycles. The van der Waals surface area contributed by atoms with E-state index >= 15 is 0 Å². The third-order valence-corrected chi connectivity index (χ3v) is 6.29. The number of anilines is 1. The molecule has 20 heavy (non-hydrogen) atoms. The van der Waals surface area contributed by atoms with Crippen molar-refractivity contribution < 1.29 is 8.42 Å². The largest absolute Gasteiger partial charge is 0.399 e. The van der Waals surface area contributed by atoms with E-state index < -0.39 is 10.0 Å². The second-order valence-electron chi connectivity index (χ2n) is 5.36. The Kier molecular flexibility index (Phi) is 4.73. The first kappa shape index (κ1) is 15.8. The number of hydrogen-bond donors (Lipinski definition) is 2. The highest BCUT2D eigenvalue weighted by molar-refractivity contribution is 9.10. The highest BCUT2D eigenvalue weighted by Crippen LogP contribution is 2.25. The van der Waals surface area contributed by atoms with Crippen molar-refractivity contribution in [2.75, 3.05) is 19.3 Å².